The molecule has 2 N–H and O–H groups in total. The van der Waals surface area contributed by atoms with Crippen LogP contribution in [0.15, 0.2) is 35.6 Å². The van der Waals surface area contributed by atoms with Crippen molar-refractivity contribution in [1.82, 2.24) is 25.4 Å². The van der Waals surface area contributed by atoms with Crippen LogP contribution >= 0.6 is 24.0 Å². The van der Waals surface area contributed by atoms with Crippen LogP contribution in [0.2, 0.25) is 0 Å². The maximum atomic E-state index is 4.66. The summed E-state index contributed by atoms with van der Waals surface area (Å²) in [6.07, 6.45) is 8.96. The first kappa shape index (κ1) is 21.5. The van der Waals surface area contributed by atoms with Gasteiger partial charge in [-0.05, 0) is 30.5 Å². The predicted octanol–water partition coefficient (Wildman–Crippen LogP) is 2.68. The lowest BCUT2D eigenvalue weighted by Gasteiger charge is -2.21. The molecule has 0 atom stereocenters. The summed E-state index contributed by atoms with van der Waals surface area (Å²) in [6, 6.07) is 6.27. The van der Waals surface area contributed by atoms with Gasteiger partial charge in [0.05, 0.1) is 12.2 Å². The molecule has 0 spiro atoms. The number of aryl methyl sites for hydroxylation is 1. The molecule has 1 saturated heterocycles. The van der Waals surface area contributed by atoms with Gasteiger partial charge in [-0.1, -0.05) is 18.9 Å². The third kappa shape index (κ3) is 6.37. The summed E-state index contributed by atoms with van der Waals surface area (Å²) in [5, 5.41) is 10.8. The largest absolute Gasteiger partial charge is 0.357 e. The molecule has 0 aromatic carbocycles. The van der Waals surface area contributed by atoms with Gasteiger partial charge in [0, 0.05) is 46.1 Å². The molecule has 0 aliphatic carbocycles. The molecular weight excluding hydrogens is 453 g/mol. The van der Waals surface area contributed by atoms with Crippen LogP contribution in [0.3, 0.4) is 0 Å². The molecule has 0 unspecified atom stereocenters. The highest BCUT2D eigenvalue weighted by molar-refractivity contribution is 14.0. The SMILES string of the molecule is CN=C(NCc1ccc(N2CCCCCC2)nc1)NCc1ccnn1C.I. The molecule has 0 saturated carbocycles. The van der Waals surface area contributed by atoms with Crippen molar-refractivity contribution in [1.29, 1.82) is 0 Å². The number of hydrogen-bond donors (Lipinski definition) is 2. The Morgan fingerprint density at radius 1 is 1.07 bits per heavy atom. The Kier molecular flexibility index (Phi) is 8.83. The third-order valence-corrected chi connectivity index (χ3v) is 4.78. The van der Waals surface area contributed by atoms with Crippen molar-refractivity contribution in [2.75, 3.05) is 25.0 Å². The molecule has 3 rings (SSSR count). The molecule has 0 bridgehead atoms. The van der Waals surface area contributed by atoms with E-state index in [9.17, 15) is 0 Å². The minimum Gasteiger partial charge on any atom is -0.357 e. The zero-order valence-electron chi connectivity index (χ0n) is 16.2. The number of halogens is 1. The summed E-state index contributed by atoms with van der Waals surface area (Å²) >= 11 is 0. The van der Waals surface area contributed by atoms with Crippen LogP contribution in [0.5, 0.6) is 0 Å². The lowest BCUT2D eigenvalue weighted by molar-refractivity contribution is 0.684. The summed E-state index contributed by atoms with van der Waals surface area (Å²) in [4.78, 5) is 11.3. The van der Waals surface area contributed by atoms with Crippen molar-refractivity contribution < 1.29 is 0 Å². The van der Waals surface area contributed by atoms with Gasteiger partial charge >= 0.3 is 0 Å². The Hall–Kier alpha value is -1.84. The van der Waals surface area contributed by atoms with Crippen LogP contribution < -0.4 is 15.5 Å². The summed E-state index contributed by atoms with van der Waals surface area (Å²) in [5.74, 6) is 1.86. The molecule has 1 fully saturated rings. The second kappa shape index (κ2) is 11.1. The van der Waals surface area contributed by atoms with E-state index in [-0.39, 0.29) is 24.0 Å². The average Bonchev–Trinajstić information content (AvgIpc) is 2.91. The van der Waals surface area contributed by atoms with E-state index in [0.29, 0.717) is 13.1 Å². The van der Waals surface area contributed by atoms with E-state index in [1.54, 1.807) is 13.2 Å². The molecule has 2 aromatic heterocycles. The smallest absolute Gasteiger partial charge is 0.191 e. The van der Waals surface area contributed by atoms with Crippen LogP contribution in [0.25, 0.3) is 0 Å². The van der Waals surface area contributed by atoms with Gasteiger partial charge < -0.3 is 15.5 Å². The molecule has 1 aliphatic heterocycles. The lowest BCUT2D eigenvalue weighted by Crippen LogP contribution is -2.36. The predicted molar refractivity (Wildman–Crippen MR) is 121 cm³/mol. The summed E-state index contributed by atoms with van der Waals surface area (Å²) in [5.41, 5.74) is 2.25. The molecule has 148 valence electrons. The minimum absolute atomic E-state index is 0. The van der Waals surface area contributed by atoms with Gasteiger partial charge in [0.1, 0.15) is 5.82 Å². The number of aromatic nitrogens is 3. The van der Waals surface area contributed by atoms with E-state index in [2.05, 4.69) is 42.7 Å². The highest BCUT2D eigenvalue weighted by Crippen LogP contribution is 2.17. The minimum atomic E-state index is 0. The van der Waals surface area contributed by atoms with E-state index < -0.39 is 0 Å². The van der Waals surface area contributed by atoms with E-state index in [1.165, 1.54) is 25.7 Å². The monoisotopic (exact) mass is 483 g/mol. The highest BCUT2D eigenvalue weighted by Gasteiger charge is 2.10. The number of anilines is 1. The molecular formula is C19H30IN7. The van der Waals surface area contributed by atoms with Crippen molar-refractivity contribution in [3.63, 3.8) is 0 Å². The van der Waals surface area contributed by atoms with Crippen molar-refractivity contribution in [3.05, 3.63) is 41.9 Å². The van der Waals surface area contributed by atoms with Crippen LogP contribution in [-0.2, 0) is 20.1 Å². The number of pyridine rings is 1. The van der Waals surface area contributed by atoms with Gasteiger partial charge in [-0.3, -0.25) is 9.67 Å². The molecule has 7 nitrogen and oxygen atoms in total. The zero-order chi connectivity index (χ0) is 18.2. The average molecular weight is 483 g/mol. The maximum Gasteiger partial charge on any atom is 0.191 e. The fraction of sp³-hybridized carbons (Fsp3) is 0.526. The second-order valence-corrected chi connectivity index (χ2v) is 6.65. The summed E-state index contributed by atoms with van der Waals surface area (Å²) in [6.45, 7) is 3.62. The molecule has 3 heterocycles. The molecule has 1 aliphatic rings. The number of nitrogens with zero attached hydrogens (tertiary/aromatic N) is 5. The van der Waals surface area contributed by atoms with Crippen molar-refractivity contribution in [2.24, 2.45) is 12.0 Å². The van der Waals surface area contributed by atoms with Gasteiger partial charge in [0.15, 0.2) is 5.96 Å². The number of guanidine groups is 1. The normalized spacial score (nSPS) is 15.0. The van der Waals surface area contributed by atoms with Crippen LogP contribution in [-0.4, -0.2) is 40.9 Å². The molecule has 2 aromatic rings. The van der Waals surface area contributed by atoms with Crippen molar-refractivity contribution in [3.8, 4) is 0 Å². The van der Waals surface area contributed by atoms with E-state index >= 15 is 0 Å². The molecule has 27 heavy (non-hydrogen) atoms. The van der Waals surface area contributed by atoms with E-state index in [1.807, 2.05) is 24.0 Å². The number of rotatable bonds is 5. The zero-order valence-corrected chi connectivity index (χ0v) is 18.5. The van der Waals surface area contributed by atoms with E-state index in [0.717, 1.165) is 36.1 Å². The Bertz CT molecular complexity index is 703. The Morgan fingerprint density at radius 3 is 2.41 bits per heavy atom. The molecule has 8 heteroatoms. The third-order valence-electron chi connectivity index (χ3n) is 4.78. The van der Waals surface area contributed by atoms with Gasteiger partial charge in [-0.15, -0.1) is 24.0 Å². The maximum absolute atomic E-state index is 4.66. The fourth-order valence-electron chi connectivity index (χ4n) is 3.16. The van der Waals surface area contributed by atoms with Gasteiger partial charge in [0.25, 0.3) is 0 Å². The Labute approximate surface area is 178 Å². The topological polar surface area (TPSA) is 70.4 Å². The second-order valence-electron chi connectivity index (χ2n) is 6.65. The van der Waals surface area contributed by atoms with Crippen molar-refractivity contribution >= 4 is 35.8 Å². The standard InChI is InChI=1S/C19H29N7.HI/c1-20-19(23-15-17-9-10-24-25(17)2)22-14-16-7-8-18(21-13-16)26-11-5-3-4-6-12-26;/h7-10,13H,3-6,11-12,14-15H2,1-2H3,(H2,20,22,23);1H. The number of nitrogens with one attached hydrogen (secondary N) is 2. The number of hydrogen-bond acceptors (Lipinski definition) is 4. The Morgan fingerprint density at radius 2 is 1.81 bits per heavy atom. The summed E-state index contributed by atoms with van der Waals surface area (Å²) in [7, 11) is 3.71. The first-order valence-corrected chi connectivity index (χ1v) is 9.37. The van der Waals surface area contributed by atoms with E-state index in [4.69, 9.17) is 0 Å². The molecule has 0 amide bonds. The van der Waals surface area contributed by atoms with Crippen molar-refractivity contribution in [2.45, 2.75) is 38.8 Å². The fourth-order valence-corrected chi connectivity index (χ4v) is 3.16. The Balaban J connectivity index is 0.00000261. The van der Waals surface area contributed by atoms with Crippen LogP contribution in [0, 0.1) is 0 Å². The quantitative estimate of drug-likeness (QED) is 0.389. The summed E-state index contributed by atoms with van der Waals surface area (Å²) < 4.78 is 1.85. The first-order chi connectivity index (χ1) is 12.8. The molecule has 0 radical (unpaired) electrons. The van der Waals surface area contributed by atoms with Gasteiger partial charge in [0.2, 0.25) is 0 Å². The van der Waals surface area contributed by atoms with Gasteiger partial charge in [-0.25, -0.2) is 4.98 Å². The number of aliphatic imine (C=N–C) groups is 1. The van der Waals surface area contributed by atoms with Crippen LogP contribution in [0.1, 0.15) is 36.9 Å². The first-order valence-electron chi connectivity index (χ1n) is 9.37. The van der Waals surface area contributed by atoms with Crippen LogP contribution in [0.4, 0.5) is 5.82 Å². The lowest BCUT2D eigenvalue weighted by atomic mass is 10.2. The van der Waals surface area contributed by atoms with Gasteiger partial charge in [-0.2, -0.15) is 5.10 Å². The highest BCUT2D eigenvalue weighted by atomic mass is 127.